The van der Waals surface area contributed by atoms with Crippen molar-refractivity contribution in [3.8, 4) is 34.3 Å². The maximum absolute atomic E-state index is 6.20. The molecule has 2 aliphatic rings. The summed E-state index contributed by atoms with van der Waals surface area (Å²) in [5, 5.41) is 11.5. The molecule has 0 saturated carbocycles. The van der Waals surface area contributed by atoms with E-state index in [-0.39, 0.29) is 0 Å². The molecule has 0 saturated heterocycles. The van der Waals surface area contributed by atoms with Crippen molar-refractivity contribution >= 4 is 34.0 Å². The van der Waals surface area contributed by atoms with Crippen LogP contribution in [0.5, 0.6) is 0 Å². The van der Waals surface area contributed by atoms with Gasteiger partial charge in [0.05, 0.1) is 11.0 Å². The number of aromatic nitrogens is 4. The third kappa shape index (κ3) is 3.93. The van der Waals surface area contributed by atoms with Crippen LogP contribution in [-0.4, -0.2) is 19.3 Å². The van der Waals surface area contributed by atoms with Gasteiger partial charge in [-0.05, 0) is 116 Å². The van der Waals surface area contributed by atoms with Gasteiger partial charge in [-0.25, -0.2) is 0 Å². The molecule has 4 aromatic carbocycles. The Kier molecular flexibility index (Phi) is 5.76. The van der Waals surface area contributed by atoms with Crippen molar-refractivity contribution < 1.29 is 4.42 Å². The van der Waals surface area contributed by atoms with Crippen LogP contribution in [0.1, 0.15) is 41.8 Å². The van der Waals surface area contributed by atoms with E-state index in [4.69, 9.17) is 4.42 Å². The van der Waals surface area contributed by atoms with Crippen LogP contribution in [0.2, 0.25) is 0 Å². The summed E-state index contributed by atoms with van der Waals surface area (Å²) in [6.45, 7) is 0. The molecule has 2 aliphatic carbocycles. The van der Waals surface area contributed by atoms with E-state index in [1.165, 1.54) is 50.7 Å². The first-order valence-electron chi connectivity index (χ1n) is 15.5. The second-order valence-electron chi connectivity index (χ2n) is 11.7. The summed E-state index contributed by atoms with van der Waals surface area (Å²) >= 11 is 0. The Bertz CT molecular complexity index is 2240. The van der Waals surface area contributed by atoms with Crippen LogP contribution in [0, 0.1) is 0 Å². The Morgan fingerprint density at radius 3 is 1.59 bits per heavy atom. The van der Waals surface area contributed by atoms with E-state index in [0.717, 1.165) is 48.2 Å². The summed E-state index contributed by atoms with van der Waals surface area (Å²) in [6, 6.07) is 34.3. The van der Waals surface area contributed by atoms with Crippen LogP contribution in [0.3, 0.4) is 0 Å². The highest BCUT2D eigenvalue weighted by molar-refractivity contribution is 5.91. The maximum Gasteiger partial charge on any atom is 0.248 e. The van der Waals surface area contributed by atoms with Crippen LogP contribution >= 0.6 is 0 Å². The zero-order valence-corrected chi connectivity index (χ0v) is 24.3. The summed E-state index contributed by atoms with van der Waals surface area (Å²) in [6.07, 6.45) is 14.7. The summed E-state index contributed by atoms with van der Waals surface area (Å²) in [4.78, 5) is 0. The lowest BCUT2D eigenvalue weighted by atomic mass is 10.0. The van der Waals surface area contributed by atoms with E-state index in [2.05, 4.69) is 141 Å². The lowest BCUT2D eigenvalue weighted by Crippen LogP contribution is -2.00. The van der Waals surface area contributed by atoms with Gasteiger partial charge in [0.2, 0.25) is 11.8 Å². The van der Waals surface area contributed by atoms with Gasteiger partial charge in [-0.2, -0.15) is 0 Å². The van der Waals surface area contributed by atoms with Gasteiger partial charge in [-0.1, -0.05) is 48.6 Å². The highest BCUT2D eigenvalue weighted by Crippen LogP contribution is 2.36. The quantitative estimate of drug-likeness (QED) is 0.212. The molecular weight excluding hydrogens is 540 g/mol. The molecule has 9 rings (SSSR count). The van der Waals surface area contributed by atoms with Crippen LogP contribution in [0.4, 0.5) is 0 Å². The average Bonchev–Trinajstić information content (AvgIpc) is 3.73. The third-order valence-electron chi connectivity index (χ3n) is 9.12. The number of fused-ring (bicyclic) bond motifs is 6. The van der Waals surface area contributed by atoms with E-state index in [1.807, 2.05) is 0 Å². The third-order valence-corrected chi connectivity index (χ3v) is 9.12. The number of para-hydroxylation sites is 2. The lowest BCUT2D eigenvalue weighted by molar-refractivity contribution is 0.584. The minimum Gasteiger partial charge on any atom is -0.416 e. The van der Waals surface area contributed by atoms with Crippen molar-refractivity contribution in [3.63, 3.8) is 0 Å². The first-order chi connectivity index (χ1) is 21.8. The predicted molar refractivity (Wildman–Crippen MR) is 178 cm³/mol. The average molecular weight is 571 g/mol. The summed E-state index contributed by atoms with van der Waals surface area (Å²) in [5.74, 6) is 1.03. The summed E-state index contributed by atoms with van der Waals surface area (Å²) in [5.41, 5.74) is 11.9. The van der Waals surface area contributed by atoms with Crippen LogP contribution in [-0.2, 0) is 12.8 Å². The van der Waals surface area contributed by atoms with E-state index in [9.17, 15) is 0 Å². The van der Waals surface area contributed by atoms with Crippen molar-refractivity contribution in [3.05, 3.63) is 132 Å². The predicted octanol–water partition coefficient (Wildman–Crippen LogP) is 9.60. The molecule has 0 atom stereocenters. The second kappa shape index (κ2) is 10.1. The van der Waals surface area contributed by atoms with Gasteiger partial charge in [-0.3, -0.25) is 0 Å². The molecule has 0 radical (unpaired) electrons. The lowest BCUT2D eigenvalue weighted by Gasteiger charge is -2.12. The molecule has 0 aliphatic heterocycles. The van der Waals surface area contributed by atoms with E-state index in [1.54, 1.807) is 0 Å². The molecule has 44 heavy (non-hydrogen) atoms. The molecule has 3 aromatic heterocycles. The molecule has 0 N–H and O–H groups in total. The molecule has 0 unspecified atom stereocenters. The van der Waals surface area contributed by atoms with Gasteiger partial charge in [0.1, 0.15) is 0 Å². The van der Waals surface area contributed by atoms with Gasteiger partial charge < -0.3 is 13.6 Å². The number of rotatable bonds is 4. The minimum absolute atomic E-state index is 0.516. The Balaban J connectivity index is 1.03. The Morgan fingerprint density at radius 2 is 1.02 bits per heavy atom. The maximum atomic E-state index is 6.20. The number of aryl methyl sites for hydroxylation is 2. The summed E-state index contributed by atoms with van der Waals surface area (Å²) < 4.78 is 10.9. The molecule has 0 spiro atoms. The molecular formula is C39H30N4O. The topological polar surface area (TPSA) is 48.8 Å². The zero-order chi connectivity index (χ0) is 29.0. The highest BCUT2D eigenvalue weighted by Gasteiger charge is 2.20. The largest absolute Gasteiger partial charge is 0.416 e. The van der Waals surface area contributed by atoms with E-state index >= 15 is 0 Å². The molecule has 5 nitrogen and oxygen atoms in total. The van der Waals surface area contributed by atoms with Crippen LogP contribution in [0.15, 0.2) is 114 Å². The van der Waals surface area contributed by atoms with Gasteiger partial charge in [0.25, 0.3) is 0 Å². The molecule has 0 bridgehead atoms. The Morgan fingerprint density at radius 1 is 0.523 bits per heavy atom. The fraction of sp³-hybridized carbons (Fsp3) is 0.128. The van der Waals surface area contributed by atoms with Crippen molar-refractivity contribution in [2.45, 2.75) is 32.1 Å². The number of nitrogens with zero attached hydrogens (tertiary/aromatic N) is 4. The molecule has 5 heteroatoms. The monoisotopic (exact) mass is 570 g/mol. The van der Waals surface area contributed by atoms with Crippen LogP contribution in [0.25, 0.3) is 68.2 Å². The number of hydrogen-bond donors (Lipinski definition) is 0. The normalized spacial score (nSPS) is 14.2. The summed E-state index contributed by atoms with van der Waals surface area (Å²) in [7, 11) is 0. The van der Waals surface area contributed by atoms with Crippen molar-refractivity contribution in [1.29, 1.82) is 0 Å². The highest BCUT2D eigenvalue weighted by atomic mass is 16.4. The molecule has 0 fully saturated rings. The first kappa shape index (κ1) is 25.1. The first-order valence-corrected chi connectivity index (χ1v) is 15.5. The molecule has 212 valence electrons. The van der Waals surface area contributed by atoms with Crippen molar-refractivity contribution in [2.75, 3.05) is 0 Å². The SMILES string of the molecule is C1=Cc2c(c3ccccc3n2-c2ccc(-c3nnc(-c4ccc(-n5c6c(c7ccccc75)CCC=C6)cc4)o3)cc2)CCC1. The van der Waals surface area contributed by atoms with Gasteiger partial charge in [0.15, 0.2) is 0 Å². The zero-order valence-electron chi connectivity index (χ0n) is 24.3. The van der Waals surface area contributed by atoms with Crippen LogP contribution < -0.4 is 0 Å². The number of benzene rings is 4. The smallest absolute Gasteiger partial charge is 0.248 e. The van der Waals surface area contributed by atoms with Gasteiger partial charge >= 0.3 is 0 Å². The molecule has 0 amide bonds. The minimum atomic E-state index is 0.516. The molecule has 7 aromatic rings. The van der Waals surface area contributed by atoms with E-state index in [0.29, 0.717) is 11.8 Å². The number of hydrogen-bond acceptors (Lipinski definition) is 3. The standard InChI is InChI=1S/C39H30N4O/c1-2-10-30-31-11-4-7-15-35(31)42(34(30)14-3-1)28-22-18-26(19-23-28)38-40-41-39(44-38)27-20-24-29(25-21-27)43-36-16-8-5-12-32(36)33-13-6-9-17-37(33)43/h3-5,7-9,11-12,14-25H,1-2,6,10,13H2. The second-order valence-corrected chi connectivity index (χ2v) is 11.7. The van der Waals surface area contributed by atoms with Gasteiger partial charge in [0, 0.05) is 44.7 Å². The Hall–Kier alpha value is -5.42. The fourth-order valence-electron chi connectivity index (χ4n) is 7.06. The van der Waals surface area contributed by atoms with Crippen molar-refractivity contribution in [2.24, 2.45) is 0 Å². The van der Waals surface area contributed by atoms with Crippen molar-refractivity contribution in [1.82, 2.24) is 19.3 Å². The van der Waals surface area contributed by atoms with E-state index < -0.39 is 0 Å². The number of allylic oxidation sites excluding steroid dienone is 2. The molecule has 3 heterocycles. The van der Waals surface area contributed by atoms with Gasteiger partial charge in [-0.15, -0.1) is 10.2 Å². The Labute approximate surface area is 255 Å². The fourth-order valence-corrected chi connectivity index (χ4v) is 7.06.